The summed E-state index contributed by atoms with van der Waals surface area (Å²) in [6, 6.07) is 15.3. The predicted octanol–water partition coefficient (Wildman–Crippen LogP) is 3.44. The van der Waals surface area contributed by atoms with Gasteiger partial charge in [0.05, 0.1) is 32.0 Å². The molecule has 4 atom stereocenters. The van der Waals surface area contributed by atoms with E-state index in [0.717, 1.165) is 49.5 Å². The number of nitrogens with one attached hydrogen (secondary N) is 2. The fourth-order valence-electron chi connectivity index (χ4n) is 4.47. The highest BCUT2D eigenvalue weighted by Crippen LogP contribution is 2.42. The average Bonchev–Trinajstić information content (AvgIpc) is 2.86. The molecule has 4 unspecified atom stereocenters. The van der Waals surface area contributed by atoms with Gasteiger partial charge in [-0.25, -0.2) is 4.79 Å². The van der Waals surface area contributed by atoms with Crippen LogP contribution in [0.2, 0.25) is 0 Å². The summed E-state index contributed by atoms with van der Waals surface area (Å²) in [5, 5.41) is 15.0. The summed E-state index contributed by atoms with van der Waals surface area (Å²) in [7, 11) is 0. The van der Waals surface area contributed by atoms with E-state index < -0.39 is 6.29 Å². The highest BCUT2D eigenvalue weighted by Gasteiger charge is 2.39. The van der Waals surface area contributed by atoms with Crippen LogP contribution in [-0.2, 0) is 20.8 Å². The highest BCUT2D eigenvalue weighted by atomic mass is 16.7. The molecule has 0 radical (unpaired) electrons. The Morgan fingerprint density at radius 1 is 1.09 bits per heavy atom. The number of urea groups is 1. The number of rotatable bonds is 7. The van der Waals surface area contributed by atoms with Crippen LogP contribution >= 0.6 is 0 Å². The number of morpholine rings is 1. The molecule has 0 saturated carbocycles. The average molecular weight is 470 g/mol. The minimum absolute atomic E-state index is 0.0121. The molecule has 2 aliphatic rings. The van der Waals surface area contributed by atoms with Crippen LogP contribution in [0, 0.1) is 5.92 Å². The van der Waals surface area contributed by atoms with Gasteiger partial charge >= 0.3 is 6.03 Å². The Bertz CT molecular complexity index is 932. The minimum Gasteiger partial charge on any atom is -0.392 e. The van der Waals surface area contributed by atoms with E-state index in [9.17, 15) is 9.90 Å². The summed E-state index contributed by atoms with van der Waals surface area (Å²) >= 11 is 0. The van der Waals surface area contributed by atoms with Crippen molar-refractivity contribution in [2.24, 2.45) is 5.92 Å². The van der Waals surface area contributed by atoms with Crippen molar-refractivity contribution >= 4 is 11.7 Å². The third kappa shape index (κ3) is 6.14. The van der Waals surface area contributed by atoms with E-state index in [1.54, 1.807) is 0 Å². The normalized spacial score (nSPS) is 25.6. The van der Waals surface area contributed by atoms with Crippen LogP contribution in [0.5, 0.6) is 0 Å². The standard InChI is InChI=1S/C26H35N3O5/c1-3-27-26(31)28-22-6-4-5-21(15-22)25-33-23(16-29-11-13-32-14-12-29)18(2)24(34-25)20-9-7-19(17-30)8-10-20/h4-10,15,18,23-25,30H,3,11-14,16-17H2,1-2H3,(H2,27,28,31). The van der Waals surface area contributed by atoms with Gasteiger partial charge in [-0.2, -0.15) is 0 Å². The topological polar surface area (TPSA) is 92.3 Å². The number of nitrogens with zero attached hydrogens (tertiary/aromatic N) is 1. The molecule has 2 fully saturated rings. The molecule has 2 aliphatic heterocycles. The third-order valence-corrected chi connectivity index (χ3v) is 6.42. The summed E-state index contributed by atoms with van der Waals surface area (Å²) in [6.45, 7) is 8.66. The summed E-state index contributed by atoms with van der Waals surface area (Å²) in [5.41, 5.74) is 3.46. The van der Waals surface area contributed by atoms with Crippen LogP contribution in [0.25, 0.3) is 0 Å². The molecule has 0 bridgehead atoms. The summed E-state index contributed by atoms with van der Waals surface area (Å²) in [5.74, 6) is 0.121. The maximum atomic E-state index is 12.0. The maximum absolute atomic E-state index is 12.0. The second-order valence-corrected chi connectivity index (χ2v) is 8.84. The molecule has 34 heavy (non-hydrogen) atoms. The Morgan fingerprint density at radius 2 is 1.85 bits per heavy atom. The van der Waals surface area contributed by atoms with Gasteiger partial charge in [-0.15, -0.1) is 0 Å². The largest absolute Gasteiger partial charge is 0.392 e. The van der Waals surface area contributed by atoms with Gasteiger partial charge in [0.2, 0.25) is 0 Å². The molecule has 2 saturated heterocycles. The molecule has 0 spiro atoms. The SMILES string of the molecule is CCNC(=O)Nc1cccc(C2OC(CN3CCOCC3)C(C)C(c3ccc(CO)cc3)O2)c1. The number of hydrogen-bond donors (Lipinski definition) is 3. The van der Waals surface area contributed by atoms with Crippen LogP contribution in [0.3, 0.4) is 0 Å². The van der Waals surface area contributed by atoms with E-state index in [-0.39, 0.29) is 30.8 Å². The molecule has 0 aliphatic carbocycles. The van der Waals surface area contributed by atoms with Crippen molar-refractivity contribution in [1.82, 2.24) is 10.2 Å². The van der Waals surface area contributed by atoms with Crippen molar-refractivity contribution in [3.05, 3.63) is 65.2 Å². The zero-order valence-electron chi connectivity index (χ0n) is 19.9. The molecule has 3 N–H and O–H groups in total. The fraction of sp³-hybridized carbons (Fsp3) is 0.500. The molecule has 8 heteroatoms. The van der Waals surface area contributed by atoms with Gasteiger partial charge < -0.3 is 30.0 Å². The number of aliphatic hydroxyl groups excluding tert-OH is 1. The lowest BCUT2D eigenvalue weighted by atomic mass is 9.90. The summed E-state index contributed by atoms with van der Waals surface area (Å²) in [4.78, 5) is 14.4. The van der Waals surface area contributed by atoms with Crippen LogP contribution < -0.4 is 10.6 Å². The van der Waals surface area contributed by atoms with Gasteiger partial charge in [-0.1, -0.05) is 43.3 Å². The predicted molar refractivity (Wildman–Crippen MR) is 129 cm³/mol. The van der Waals surface area contributed by atoms with E-state index in [1.807, 2.05) is 55.5 Å². The molecule has 2 aromatic carbocycles. The Labute approximate surface area is 201 Å². The van der Waals surface area contributed by atoms with Gasteiger partial charge in [0, 0.05) is 43.3 Å². The van der Waals surface area contributed by atoms with Crippen LogP contribution in [-0.4, -0.2) is 61.5 Å². The van der Waals surface area contributed by atoms with Crippen molar-refractivity contribution in [2.45, 2.75) is 39.0 Å². The van der Waals surface area contributed by atoms with Crippen molar-refractivity contribution in [3.63, 3.8) is 0 Å². The lowest BCUT2D eigenvalue weighted by Gasteiger charge is -2.43. The summed E-state index contributed by atoms with van der Waals surface area (Å²) in [6.07, 6.45) is -0.780. The van der Waals surface area contributed by atoms with E-state index >= 15 is 0 Å². The Morgan fingerprint density at radius 3 is 2.56 bits per heavy atom. The second kappa shape index (κ2) is 11.8. The lowest BCUT2D eigenvalue weighted by Crippen LogP contribution is -2.47. The van der Waals surface area contributed by atoms with E-state index in [1.165, 1.54) is 0 Å². The van der Waals surface area contributed by atoms with E-state index in [4.69, 9.17) is 14.2 Å². The van der Waals surface area contributed by atoms with Crippen LogP contribution in [0.4, 0.5) is 10.5 Å². The summed E-state index contributed by atoms with van der Waals surface area (Å²) < 4.78 is 18.5. The molecule has 0 aromatic heterocycles. The number of carbonyl (C=O) groups is 1. The van der Waals surface area contributed by atoms with Crippen molar-refractivity contribution in [3.8, 4) is 0 Å². The molecule has 2 aromatic rings. The maximum Gasteiger partial charge on any atom is 0.319 e. The van der Waals surface area contributed by atoms with E-state index in [0.29, 0.717) is 12.2 Å². The van der Waals surface area contributed by atoms with Crippen molar-refractivity contribution in [1.29, 1.82) is 0 Å². The smallest absolute Gasteiger partial charge is 0.319 e. The second-order valence-electron chi connectivity index (χ2n) is 8.84. The zero-order chi connectivity index (χ0) is 23.9. The minimum atomic E-state index is -0.569. The fourth-order valence-corrected chi connectivity index (χ4v) is 4.47. The quantitative estimate of drug-likeness (QED) is 0.575. The van der Waals surface area contributed by atoms with Gasteiger partial charge in [0.15, 0.2) is 6.29 Å². The monoisotopic (exact) mass is 469 g/mol. The van der Waals surface area contributed by atoms with E-state index in [2.05, 4.69) is 22.5 Å². The molecular formula is C26H35N3O5. The van der Waals surface area contributed by atoms with Crippen molar-refractivity contribution in [2.75, 3.05) is 44.7 Å². The zero-order valence-corrected chi connectivity index (χ0v) is 19.9. The number of amides is 2. The Balaban J connectivity index is 1.57. The van der Waals surface area contributed by atoms with Gasteiger partial charge in [-0.3, -0.25) is 4.90 Å². The first-order chi connectivity index (χ1) is 16.6. The van der Waals surface area contributed by atoms with Gasteiger partial charge in [-0.05, 0) is 30.2 Å². The molecule has 2 amide bonds. The number of carbonyl (C=O) groups excluding carboxylic acids is 1. The van der Waals surface area contributed by atoms with Gasteiger partial charge in [0.1, 0.15) is 0 Å². The Hall–Kier alpha value is -2.49. The molecule has 2 heterocycles. The third-order valence-electron chi connectivity index (χ3n) is 6.42. The first-order valence-corrected chi connectivity index (χ1v) is 12.0. The number of ether oxygens (including phenoxy) is 3. The van der Waals surface area contributed by atoms with Crippen LogP contribution in [0.1, 0.15) is 42.9 Å². The number of hydrogen-bond acceptors (Lipinski definition) is 6. The lowest BCUT2D eigenvalue weighted by molar-refractivity contribution is -0.277. The van der Waals surface area contributed by atoms with Crippen LogP contribution in [0.15, 0.2) is 48.5 Å². The highest BCUT2D eigenvalue weighted by molar-refractivity contribution is 5.89. The van der Waals surface area contributed by atoms with Gasteiger partial charge in [0.25, 0.3) is 0 Å². The molecule has 4 rings (SSSR count). The number of anilines is 1. The van der Waals surface area contributed by atoms with Crippen molar-refractivity contribution < 1.29 is 24.1 Å². The first kappa shape index (κ1) is 24.6. The molecular weight excluding hydrogens is 434 g/mol. The Kier molecular flexibility index (Phi) is 8.53. The molecule has 8 nitrogen and oxygen atoms in total. The number of benzene rings is 2. The molecule has 184 valence electrons. The first-order valence-electron chi connectivity index (χ1n) is 12.0. The number of aliphatic hydroxyl groups is 1.